The first-order chi connectivity index (χ1) is 8.18. The van der Waals surface area contributed by atoms with Crippen LogP contribution in [0, 0.1) is 12.8 Å². The summed E-state index contributed by atoms with van der Waals surface area (Å²) < 4.78 is 5.26. The van der Waals surface area contributed by atoms with Crippen LogP contribution < -0.4 is 0 Å². The second kappa shape index (κ2) is 5.63. The standard InChI is InChI=1S/C13H18O3S/c1-9-11(7-8-16-9)17-12-6-4-2-3-5-10(12)13(14)15/h7-8,10,12H,2-6H2,1H3,(H,14,15). The number of carbonyl (C=O) groups is 1. The van der Waals surface area contributed by atoms with Crippen LogP contribution in [0.3, 0.4) is 0 Å². The molecule has 1 aliphatic carbocycles. The van der Waals surface area contributed by atoms with E-state index in [4.69, 9.17) is 4.42 Å². The van der Waals surface area contributed by atoms with Crippen molar-refractivity contribution in [3.8, 4) is 0 Å². The van der Waals surface area contributed by atoms with Crippen LogP contribution >= 0.6 is 11.8 Å². The van der Waals surface area contributed by atoms with E-state index in [2.05, 4.69) is 0 Å². The van der Waals surface area contributed by atoms with Crippen molar-refractivity contribution < 1.29 is 14.3 Å². The minimum absolute atomic E-state index is 0.186. The van der Waals surface area contributed by atoms with Crippen molar-refractivity contribution in [3.63, 3.8) is 0 Å². The second-order valence-corrected chi connectivity index (χ2v) is 5.86. The van der Waals surface area contributed by atoms with E-state index in [1.807, 2.05) is 13.0 Å². The first-order valence-electron chi connectivity index (χ1n) is 6.12. The molecule has 1 saturated carbocycles. The Labute approximate surface area is 106 Å². The van der Waals surface area contributed by atoms with Crippen molar-refractivity contribution in [2.24, 2.45) is 5.92 Å². The van der Waals surface area contributed by atoms with Crippen LogP contribution in [0.4, 0.5) is 0 Å². The molecule has 1 aromatic rings. The molecule has 0 spiro atoms. The zero-order chi connectivity index (χ0) is 12.3. The fourth-order valence-electron chi connectivity index (χ4n) is 2.36. The Kier molecular flexibility index (Phi) is 4.15. The van der Waals surface area contributed by atoms with Crippen LogP contribution in [0.25, 0.3) is 0 Å². The maximum Gasteiger partial charge on any atom is 0.307 e. The van der Waals surface area contributed by atoms with Crippen molar-refractivity contribution in [3.05, 3.63) is 18.1 Å². The average molecular weight is 254 g/mol. The van der Waals surface area contributed by atoms with Gasteiger partial charge in [-0.2, -0.15) is 0 Å². The average Bonchev–Trinajstić information content (AvgIpc) is 2.55. The highest BCUT2D eigenvalue weighted by molar-refractivity contribution is 8.00. The maximum absolute atomic E-state index is 11.3. The molecule has 2 rings (SSSR count). The van der Waals surface area contributed by atoms with Gasteiger partial charge in [0.25, 0.3) is 0 Å². The van der Waals surface area contributed by atoms with Gasteiger partial charge in [0, 0.05) is 10.1 Å². The van der Waals surface area contributed by atoms with Gasteiger partial charge in [-0.25, -0.2) is 0 Å². The van der Waals surface area contributed by atoms with E-state index in [0.29, 0.717) is 0 Å². The summed E-state index contributed by atoms with van der Waals surface area (Å²) in [6.07, 6.45) is 6.81. The Morgan fingerprint density at radius 1 is 1.41 bits per heavy atom. The lowest BCUT2D eigenvalue weighted by Crippen LogP contribution is -2.24. The topological polar surface area (TPSA) is 50.4 Å². The zero-order valence-electron chi connectivity index (χ0n) is 10.0. The summed E-state index contributed by atoms with van der Waals surface area (Å²) in [4.78, 5) is 12.4. The second-order valence-electron chi connectivity index (χ2n) is 4.58. The monoisotopic (exact) mass is 254 g/mol. The van der Waals surface area contributed by atoms with Crippen molar-refractivity contribution in [2.75, 3.05) is 0 Å². The smallest absolute Gasteiger partial charge is 0.307 e. The van der Waals surface area contributed by atoms with Gasteiger partial charge < -0.3 is 9.52 Å². The summed E-state index contributed by atoms with van der Waals surface area (Å²) in [6.45, 7) is 1.93. The van der Waals surface area contributed by atoms with E-state index in [-0.39, 0.29) is 11.2 Å². The predicted octanol–water partition coefficient (Wildman–Crippen LogP) is 3.71. The molecule has 0 radical (unpaired) electrons. The van der Waals surface area contributed by atoms with Crippen LogP contribution in [0.2, 0.25) is 0 Å². The van der Waals surface area contributed by atoms with Crippen molar-refractivity contribution in [1.29, 1.82) is 0 Å². The molecule has 1 aliphatic rings. The fourth-order valence-corrected chi connectivity index (χ4v) is 3.73. The SMILES string of the molecule is Cc1occc1SC1CCCCCC1C(=O)O. The Bertz CT molecular complexity index is 386. The van der Waals surface area contributed by atoms with Gasteiger partial charge in [-0.15, -0.1) is 11.8 Å². The van der Waals surface area contributed by atoms with E-state index >= 15 is 0 Å². The van der Waals surface area contributed by atoms with Gasteiger partial charge in [0.15, 0.2) is 0 Å². The summed E-state index contributed by atoms with van der Waals surface area (Å²) in [6, 6.07) is 1.93. The van der Waals surface area contributed by atoms with Gasteiger partial charge in [-0.3, -0.25) is 4.79 Å². The lowest BCUT2D eigenvalue weighted by Gasteiger charge is -2.20. The highest BCUT2D eigenvalue weighted by atomic mass is 32.2. The van der Waals surface area contributed by atoms with E-state index in [1.165, 1.54) is 0 Å². The van der Waals surface area contributed by atoms with Gasteiger partial charge in [0.05, 0.1) is 12.2 Å². The van der Waals surface area contributed by atoms with Gasteiger partial charge in [0.2, 0.25) is 0 Å². The quantitative estimate of drug-likeness (QED) is 0.835. The van der Waals surface area contributed by atoms with Crippen LogP contribution in [0.1, 0.15) is 37.9 Å². The Hall–Kier alpha value is -0.900. The van der Waals surface area contributed by atoms with Crippen LogP contribution in [0.5, 0.6) is 0 Å². The van der Waals surface area contributed by atoms with E-state index in [0.717, 1.165) is 42.8 Å². The third-order valence-electron chi connectivity index (χ3n) is 3.36. The molecule has 3 nitrogen and oxygen atoms in total. The first-order valence-corrected chi connectivity index (χ1v) is 7.00. The number of aliphatic carboxylic acids is 1. The molecular formula is C13H18O3S. The molecule has 0 aromatic carbocycles. The molecule has 2 atom stereocenters. The molecule has 1 heterocycles. The van der Waals surface area contributed by atoms with Gasteiger partial charge in [0.1, 0.15) is 5.76 Å². The Morgan fingerprint density at radius 3 is 2.82 bits per heavy atom. The Balaban J connectivity index is 2.10. The minimum atomic E-state index is -0.648. The molecule has 0 aliphatic heterocycles. The number of carboxylic acids is 1. The molecule has 0 bridgehead atoms. The molecule has 17 heavy (non-hydrogen) atoms. The van der Waals surface area contributed by atoms with Gasteiger partial charge in [-0.05, 0) is 25.8 Å². The van der Waals surface area contributed by atoms with Gasteiger partial charge >= 0.3 is 5.97 Å². The van der Waals surface area contributed by atoms with Crippen molar-refractivity contribution in [2.45, 2.75) is 49.2 Å². The van der Waals surface area contributed by atoms with Crippen LogP contribution in [-0.2, 0) is 4.79 Å². The van der Waals surface area contributed by atoms with E-state index < -0.39 is 5.97 Å². The van der Waals surface area contributed by atoms with Gasteiger partial charge in [-0.1, -0.05) is 19.3 Å². The Morgan fingerprint density at radius 2 is 2.18 bits per heavy atom. The highest BCUT2D eigenvalue weighted by Crippen LogP contribution is 2.38. The minimum Gasteiger partial charge on any atom is -0.481 e. The molecule has 4 heteroatoms. The lowest BCUT2D eigenvalue weighted by atomic mass is 10.0. The van der Waals surface area contributed by atoms with Crippen molar-refractivity contribution in [1.82, 2.24) is 0 Å². The molecule has 1 fully saturated rings. The molecular weight excluding hydrogens is 236 g/mol. The molecule has 0 amide bonds. The third-order valence-corrected chi connectivity index (χ3v) is 4.90. The maximum atomic E-state index is 11.3. The zero-order valence-corrected chi connectivity index (χ0v) is 10.8. The number of hydrogen-bond donors (Lipinski definition) is 1. The number of aryl methyl sites for hydroxylation is 1. The molecule has 1 N–H and O–H groups in total. The number of thioether (sulfide) groups is 1. The summed E-state index contributed by atoms with van der Waals surface area (Å²) >= 11 is 1.67. The van der Waals surface area contributed by atoms with Crippen LogP contribution in [0.15, 0.2) is 21.6 Å². The molecule has 2 unspecified atom stereocenters. The number of carboxylic acid groups (broad SMARTS) is 1. The third kappa shape index (κ3) is 3.06. The molecule has 1 aromatic heterocycles. The summed E-state index contributed by atoms with van der Waals surface area (Å²) in [5, 5.41) is 9.48. The largest absolute Gasteiger partial charge is 0.481 e. The number of furan rings is 1. The predicted molar refractivity (Wildman–Crippen MR) is 67.3 cm³/mol. The normalized spacial score (nSPS) is 25.5. The summed E-state index contributed by atoms with van der Waals surface area (Å²) in [7, 11) is 0. The molecule has 0 saturated heterocycles. The summed E-state index contributed by atoms with van der Waals surface area (Å²) in [5.41, 5.74) is 0. The van der Waals surface area contributed by atoms with E-state index in [1.54, 1.807) is 18.0 Å². The van der Waals surface area contributed by atoms with Crippen LogP contribution in [-0.4, -0.2) is 16.3 Å². The fraction of sp³-hybridized carbons (Fsp3) is 0.615. The number of rotatable bonds is 3. The molecule has 94 valence electrons. The van der Waals surface area contributed by atoms with E-state index in [9.17, 15) is 9.90 Å². The summed E-state index contributed by atoms with van der Waals surface area (Å²) in [5.74, 6) is 0.0331. The first kappa shape index (κ1) is 12.6. The number of hydrogen-bond acceptors (Lipinski definition) is 3. The van der Waals surface area contributed by atoms with Crippen molar-refractivity contribution >= 4 is 17.7 Å². The highest BCUT2D eigenvalue weighted by Gasteiger charge is 2.30. The lowest BCUT2D eigenvalue weighted by molar-refractivity contribution is -0.141.